The van der Waals surface area contributed by atoms with Gasteiger partial charge in [-0.25, -0.2) is 4.39 Å². The standard InChI is InChI=1S/C12H11ClFN3O/c13-9-5-7(14)1-2-8(9)10-16-11(18-17-10)12(6-15)3-4-12/h1-2,5H,3-4,6,15H2. The summed E-state index contributed by atoms with van der Waals surface area (Å²) in [6, 6.07) is 4.07. The fourth-order valence-corrected chi connectivity index (χ4v) is 2.13. The van der Waals surface area contributed by atoms with E-state index < -0.39 is 5.82 Å². The van der Waals surface area contributed by atoms with E-state index in [0.717, 1.165) is 12.8 Å². The maximum atomic E-state index is 13.0. The molecule has 1 fully saturated rings. The molecule has 2 N–H and O–H groups in total. The monoisotopic (exact) mass is 267 g/mol. The predicted octanol–water partition coefficient (Wildman–Crippen LogP) is 2.52. The molecule has 1 aliphatic rings. The predicted molar refractivity (Wildman–Crippen MR) is 64.7 cm³/mol. The minimum atomic E-state index is -0.395. The molecule has 1 aliphatic carbocycles. The first-order valence-corrected chi connectivity index (χ1v) is 6.02. The summed E-state index contributed by atoms with van der Waals surface area (Å²) in [7, 11) is 0. The Morgan fingerprint density at radius 2 is 2.22 bits per heavy atom. The molecule has 4 nitrogen and oxygen atoms in total. The van der Waals surface area contributed by atoms with E-state index in [1.807, 2.05) is 0 Å². The van der Waals surface area contributed by atoms with Gasteiger partial charge in [-0.15, -0.1) is 0 Å². The molecule has 0 bridgehead atoms. The second-order valence-electron chi connectivity index (χ2n) is 4.53. The molecule has 0 radical (unpaired) electrons. The molecule has 0 spiro atoms. The molecule has 0 atom stereocenters. The van der Waals surface area contributed by atoms with Crippen LogP contribution in [-0.2, 0) is 5.41 Å². The van der Waals surface area contributed by atoms with Crippen LogP contribution in [0.3, 0.4) is 0 Å². The third-order valence-electron chi connectivity index (χ3n) is 3.30. The first-order valence-electron chi connectivity index (χ1n) is 5.64. The quantitative estimate of drug-likeness (QED) is 0.928. The zero-order valence-corrected chi connectivity index (χ0v) is 10.2. The van der Waals surface area contributed by atoms with Gasteiger partial charge in [0.05, 0.1) is 10.4 Å². The van der Waals surface area contributed by atoms with Crippen LogP contribution in [0.15, 0.2) is 22.7 Å². The molecule has 1 heterocycles. The molecule has 3 rings (SSSR count). The van der Waals surface area contributed by atoms with Crippen molar-refractivity contribution in [3.8, 4) is 11.4 Å². The van der Waals surface area contributed by atoms with Gasteiger partial charge in [-0.2, -0.15) is 4.98 Å². The highest BCUT2D eigenvalue weighted by Crippen LogP contribution is 2.46. The number of rotatable bonds is 3. The molecular formula is C12H11ClFN3O. The van der Waals surface area contributed by atoms with E-state index in [2.05, 4.69) is 10.1 Å². The lowest BCUT2D eigenvalue weighted by atomic mass is 10.1. The largest absolute Gasteiger partial charge is 0.338 e. The van der Waals surface area contributed by atoms with Gasteiger partial charge in [-0.3, -0.25) is 0 Å². The first kappa shape index (κ1) is 11.6. The number of hydrogen-bond donors (Lipinski definition) is 1. The fraction of sp³-hybridized carbons (Fsp3) is 0.333. The van der Waals surface area contributed by atoms with Crippen molar-refractivity contribution in [2.45, 2.75) is 18.3 Å². The second-order valence-corrected chi connectivity index (χ2v) is 4.94. The van der Waals surface area contributed by atoms with Crippen LogP contribution in [0.2, 0.25) is 5.02 Å². The Balaban J connectivity index is 1.98. The van der Waals surface area contributed by atoms with Crippen LogP contribution in [0.4, 0.5) is 4.39 Å². The highest BCUT2D eigenvalue weighted by atomic mass is 35.5. The molecule has 0 amide bonds. The minimum Gasteiger partial charge on any atom is -0.338 e. The maximum Gasteiger partial charge on any atom is 0.234 e. The van der Waals surface area contributed by atoms with Crippen molar-refractivity contribution in [2.75, 3.05) is 6.54 Å². The third kappa shape index (κ3) is 1.79. The zero-order chi connectivity index (χ0) is 12.8. The summed E-state index contributed by atoms with van der Waals surface area (Å²) in [6.45, 7) is 0.492. The van der Waals surface area contributed by atoms with Gasteiger partial charge in [0, 0.05) is 12.1 Å². The molecule has 0 aliphatic heterocycles. The minimum absolute atomic E-state index is 0.155. The van der Waals surface area contributed by atoms with Gasteiger partial charge < -0.3 is 10.3 Å². The molecular weight excluding hydrogens is 257 g/mol. The van der Waals surface area contributed by atoms with Crippen molar-refractivity contribution in [1.82, 2.24) is 10.1 Å². The Bertz CT molecular complexity index is 595. The summed E-state index contributed by atoms with van der Waals surface area (Å²) in [5.74, 6) is 0.517. The van der Waals surface area contributed by atoms with Crippen LogP contribution in [0.1, 0.15) is 18.7 Å². The fourth-order valence-electron chi connectivity index (χ4n) is 1.88. The van der Waals surface area contributed by atoms with Gasteiger partial charge in [-0.05, 0) is 31.0 Å². The van der Waals surface area contributed by atoms with Crippen LogP contribution >= 0.6 is 11.6 Å². The second kappa shape index (κ2) is 4.03. The van der Waals surface area contributed by atoms with E-state index in [0.29, 0.717) is 23.8 Å². The average molecular weight is 268 g/mol. The number of benzene rings is 1. The number of halogens is 2. The van der Waals surface area contributed by atoms with E-state index in [9.17, 15) is 4.39 Å². The van der Waals surface area contributed by atoms with Crippen molar-refractivity contribution in [2.24, 2.45) is 5.73 Å². The molecule has 94 valence electrons. The van der Waals surface area contributed by atoms with Crippen molar-refractivity contribution in [3.05, 3.63) is 34.9 Å². The van der Waals surface area contributed by atoms with E-state index in [1.165, 1.54) is 18.2 Å². The molecule has 1 aromatic heterocycles. The van der Waals surface area contributed by atoms with Crippen LogP contribution < -0.4 is 5.73 Å². The summed E-state index contributed by atoms with van der Waals surface area (Å²) >= 11 is 5.95. The summed E-state index contributed by atoms with van der Waals surface area (Å²) in [5, 5.41) is 4.15. The maximum absolute atomic E-state index is 13.0. The van der Waals surface area contributed by atoms with Crippen LogP contribution in [0, 0.1) is 5.82 Å². The lowest BCUT2D eigenvalue weighted by Crippen LogP contribution is -2.19. The normalized spacial score (nSPS) is 16.8. The first-order chi connectivity index (χ1) is 8.64. The van der Waals surface area contributed by atoms with Gasteiger partial charge in [0.25, 0.3) is 0 Å². The van der Waals surface area contributed by atoms with E-state index in [1.54, 1.807) is 0 Å². The number of nitrogens with zero attached hydrogens (tertiary/aromatic N) is 2. The van der Waals surface area contributed by atoms with Gasteiger partial charge in [0.1, 0.15) is 5.82 Å². The lowest BCUT2D eigenvalue weighted by Gasteiger charge is -2.03. The highest BCUT2D eigenvalue weighted by Gasteiger charge is 2.48. The smallest absolute Gasteiger partial charge is 0.234 e. The molecule has 6 heteroatoms. The Morgan fingerprint density at radius 1 is 1.44 bits per heavy atom. The summed E-state index contributed by atoms with van der Waals surface area (Å²) in [4.78, 5) is 4.31. The van der Waals surface area contributed by atoms with Crippen LogP contribution in [0.25, 0.3) is 11.4 Å². The van der Waals surface area contributed by atoms with E-state index >= 15 is 0 Å². The Kier molecular flexibility index (Phi) is 2.60. The Hall–Kier alpha value is -1.46. The molecule has 0 unspecified atom stereocenters. The van der Waals surface area contributed by atoms with Crippen LogP contribution in [0.5, 0.6) is 0 Å². The number of hydrogen-bond acceptors (Lipinski definition) is 4. The summed E-state index contributed by atoms with van der Waals surface area (Å²) in [5.41, 5.74) is 6.10. The molecule has 1 aromatic carbocycles. The van der Waals surface area contributed by atoms with Crippen molar-refractivity contribution in [1.29, 1.82) is 0 Å². The van der Waals surface area contributed by atoms with Gasteiger partial charge in [-0.1, -0.05) is 16.8 Å². The van der Waals surface area contributed by atoms with Gasteiger partial charge >= 0.3 is 0 Å². The molecule has 0 saturated heterocycles. The summed E-state index contributed by atoms with van der Waals surface area (Å²) in [6.07, 6.45) is 1.92. The van der Waals surface area contributed by atoms with Gasteiger partial charge in [0.15, 0.2) is 0 Å². The highest BCUT2D eigenvalue weighted by molar-refractivity contribution is 6.33. The molecule has 1 saturated carbocycles. The van der Waals surface area contributed by atoms with Crippen molar-refractivity contribution >= 4 is 11.6 Å². The third-order valence-corrected chi connectivity index (χ3v) is 3.61. The van der Waals surface area contributed by atoms with Gasteiger partial charge in [0.2, 0.25) is 11.7 Å². The average Bonchev–Trinajstić information content (AvgIpc) is 3.00. The molecule has 2 aromatic rings. The number of nitrogens with two attached hydrogens (primary N) is 1. The van der Waals surface area contributed by atoms with E-state index in [4.69, 9.17) is 21.9 Å². The summed E-state index contributed by atoms with van der Waals surface area (Å²) < 4.78 is 18.2. The zero-order valence-electron chi connectivity index (χ0n) is 9.49. The van der Waals surface area contributed by atoms with E-state index in [-0.39, 0.29) is 10.4 Å². The number of aromatic nitrogens is 2. The lowest BCUT2D eigenvalue weighted by molar-refractivity contribution is 0.347. The SMILES string of the molecule is NCC1(c2nc(-c3ccc(F)cc3Cl)no2)CC1. The van der Waals surface area contributed by atoms with Crippen LogP contribution in [-0.4, -0.2) is 16.7 Å². The van der Waals surface area contributed by atoms with Crippen molar-refractivity contribution < 1.29 is 8.91 Å². The Labute approximate surface area is 108 Å². The van der Waals surface area contributed by atoms with Crippen molar-refractivity contribution in [3.63, 3.8) is 0 Å². The molecule has 18 heavy (non-hydrogen) atoms. The topological polar surface area (TPSA) is 64.9 Å². The Morgan fingerprint density at radius 3 is 2.83 bits per heavy atom.